The number of hydrogen-bond donors (Lipinski definition) is 2. The maximum atomic E-state index is 9.78. The molecule has 2 fully saturated rings. The number of β-amino-alcohol motifs (C(OH)–C–C–N with tert-alkyl or cyclic N) is 1. The molecular weight excluding hydrogens is 188 g/mol. The molecule has 1 saturated carbocycles. The van der Waals surface area contributed by atoms with Crippen LogP contribution < -0.4 is 5.32 Å². The fraction of sp³-hybridized carbons (Fsp3) is 1.00. The molecule has 15 heavy (non-hydrogen) atoms. The summed E-state index contributed by atoms with van der Waals surface area (Å²) in [6.07, 6.45) is 6.85. The van der Waals surface area contributed by atoms with Gasteiger partial charge in [0, 0.05) is 25.7 Å². The Kier molecular flexibility index (Phi) is 4.00. The molecule has 1 aliphatic carbocycles. The van der Waals surface area contributed by atoms with Crippen LogP contribution in [0.4, 0.5) is 0 Å². The van der Waals surface area contributed by atoms with Crippen LogP contribution in [-0.4, -0.2) is 48.8 Å². The van der Waals surface area contributed by atoms with Crippen molar-refractivity contribution in [2.24, 2.45) is 5.92 Å². The summed E-state index contributed by atoms with van der Waals surface area (Å²) in [6.45, 7) is 2.88. The van der Waals surface area contributed by atoms with Crippen molar-refractivity contribution < 1.29 is 5.11 Å². The molecule has 0 aromatic rings. The van der Waals surface area contributed by atoms with Gasteiger partial charge < -0.3 is 10.4 Å². The van der Waals surface area contributed by atoms with Crippen LogP contribution in [0, 0.1) is 5.92 Å². The lowest BCUT2D eigenvalue weighted by molar-refractivity contribution is 0.0847. The second kappa shape index (κ2) is 5.28. The highest BCUT2D eigenvalue weighted by molar-refractivity contribution is 4.88. The predicted octanol–water partition coefficient (Wildman–Crippen LogP) is 0.831. The monoisotopic (exact) mass is 212 g/mol. The van der Waals surface area contributed by atoms with Gasteiger partial charge in [0.1, 0.15) is 0 Å². The van der Waals surface area contributed by atoms with E-state index in [0.717, 1.165) is 19.0 Å². The quantitative estimate of drug-likeness (QED) is 0.727. The highest BCUT2D eigenvalue weighted by Gasteiger charge is 2.29. The summed E-state index contributed by atoms with van der Waals surface area (Å²) >= 11 is 0. The normalized spacial score (nSPS) is 33.8. The largest absolute Gasteiger partial charge is 0.390 e. The van der Waals surface area contributed by atoms with Crippen LogP contribution >= 0.6 is 0 Å². The van der Waals surface area contributed by atoms with Crippen LogP contribution in [0.15, 0.2) is 0 Å². The summed E-state index contributed by atoms with van der Waals surface area (Å²) in [6, 6.07) is 0.340. The van der Waals surface area contributed by atoms with Gasteiger partial charge in [-0.2, -0.15) is 0 Å². The molecule has 1 aliphatic heterocycles. The Morgan fingerprint density at radius 3 is 2.53 bits per heavy atom. The van der Waals surface area contributed by atoms with Crippen molar-refractivity contribution >= 4 is 0 Å². The second-order valence-corrected chi connectivity index (χ2v) is 5.24. The fourth-order valence-corrected chi connectivity index (χ4v) is 3.01. The number of nitrogens with zero attached hydrogens (tertiary/aromatic N) is 1. The topological polar surface area (TPSA) is 35.5 Å². The Hall–Kier alpha value is -0.120. The van der Waals surface area contributed by atoms with E-state index >= 15 is 0 Å². The Morgan fingerprint density at radius 1 is 1.20 bits per heavy atom. The summed E-state index contributed by atoms with van der Waals surface area (Å²) in [5.74, 6) is 0.872. The van der Waals surface area contributed by atoms with Gasteiger partial charge in [-0.25, -0.2) is 0 Å². The molecule has 0 amide bonds. The smallest absolute Gasteiger partial charge is 0.0831 e. The number of nitrogens with one attached hydrogen (secondary N) is 1. The lowest BCUT2D eigenvalue weighted by Crippen LogP contribution is -2.43. The van der Waals surface area contributed by atoms with E-state index in [2.05, 4.69) is 17.3 Å². The molecule has 88 valence electrons. The minimum absolute atomic E-state index is 0.168. The van der Waals surface area contributed by atoms with E-state index in [9.17, 15) is 5.11 Å². The zero-order valence-electron chi connectivity index (χ0n) is 9.78. The molecule has 0 spiro atoms. The molecule has 0 radical (unpaired) electrons. The Bertz CT molecular complexity index is 192. The summed E-state index contributed by atoms with van der Waals surface area (Å²) in [5, 5.41) is 13.0. The first-order valence-corrected chi connectivity index (χ1v) is 6.36. The molecule has 2 atom stereocenters. The summed E-state index contributed by atoms with van der Waals surface area (Å²) in [5.41, 5.74) is 0. The minimum Gasteiger partial charge on any atom is -0.390 e. The lowest BCUT2D eigenvalue weighted by atomic mass is 9.88. The van der Waals surface area contributed by atoms with Crippen LogP contribution in [0.3, 0.4) is 0 Å². The zero-order chi connectivity index (χ0) is 10.7. The molecule has 1 heterocycles. The van der Waals surface area contributed by atoms with Crippen molar-refractivity contribution in [3.63, 3.8) is 0 Å². The first-order valence-electron chi connectivity index (χ1n) is 6.36. The van der Waals surface area contributed by atoms with Crippen LogP contribution in [0.25, 0.3) is 0 Å². The van der Waals surface area contributed by atoms with Crippen LogP contribution in [-0.2, 0) is 0 Å². The second-order valence-electron chi connectivity index (χ2n) is 5.24. The first kappa shape index (κ1) is 11.4. The molecule has 0 bridgehead atoms. The highest BCUT2D eigenvalue weighted by atomic mass is 16.3. The van der Waals surface area contributed by atoms with Gasteiger partial charge in [0.2, 0.25) is 0 Å². The minimum atomic E-state index is -0.168. The van der Waals surface area contributed by atoms with Gasteiger partial charge in [-0.05, 0) is 25.8 Å². The average Bonchev–Trinajstić information content (AvgIpc) is 2.66. The predicted molar refractivity (Wildman–Crippen MR) is 61.9 cm³/mol. The molecular formula is C12H24N2O. The van der Waals surface area contributed by atoms with Crippen LogP contribution in [0.5, 0.6) is 0 Å². The van der Waals surface area contributed by atoms with Crippen molar-refractivity contribution in [2.45, 2.75) is 44.2 Å². The molecule has 0 aromatic carbocycles. The number of likely N-dealkylation sites (N-methyl/N-ethyl adjacent to an activating group) is 1. The summed E-state index contributed by atoms with van der Waals surface area (Å²) in [7, 11) is 2.16. The van der Waals surface area contributed by atoms with Crippen molar-refractivity contribution in [2.75, 3.05) is 26.7 Å². The number of rotatable bonds is 3. The van der Waals surface area contributed by atoms with Gasteiger partial charge in [-0.15, -0.1) is 0 Å². The maximum absolute atomic E-state index is 9.78. The Balaban J connectivity index is 1.77. The molecule has 0 aromatic heterocycles. The Morgan fingerprint density at radius 2 is 1.93 bits per heavy atom. The van der Waals surface area contributed by atoms with E-state index in [-0.39, 0.29) is 6.10 Å². The van der Waals surface area contributed by atoms with Crippen LogP contribution in [0.2, 0.25) is 0 Å². The molecule has 2 rings (SSSR count). The third-order valence-corrected chi connectivity index (χ3v) is 3.99. The summed E-state index contributed by atoms with van der Waals surface area (Å²) in [4.78, 5) is 2.36. The molecule has 2 unspecified atom stereocenters. The van der Waals surface area contributed by atoms with Gasteiger partial charge in [0.15, 0.2) is 0 Å². The van der Waals surface area contributed by atoms with E-state index in [1.807, 2.05) is 0 Å². The lowest BCUT2D eigenvalue weighted by Gasteiger charge is -2.31. The zero-order valence-corrected chi connectivity index (χ0v) is 9.78. The molecule has 2 aliphatic rings. The highest BCUT2D eigenvalue weighted by Crippen LogP contribution is 2.25. The van der Waals surface area contributed by atoms with Gasteiger partial charge in [-0.3, -0.25) is 4.90 Å². The van der Waals surface area contributed by atoms with E-state index in [1.165, 1.54) is 38.6 Å². The van der Waals surface area contributed by atoms with Gasteiger partial charge >= 0.3 is 0 Å². The molecule has 1 saturated heterocycles. The SMILES string of the molecule is CN(CC1CCCCC1)C1CNCC1O. The number of aliphatic hydroxyl groups is 1. The van der Waals surface area contributed by atoms with Crippen molar-refractivity contribution in [3.8, 4) is 0 Å². The maximum Gasteiger partial charge on any atom is 0.0831 e. The molecule has 3 heteroatoms. The van der Waals surface area contributed by atoms with Gasteiger partial charge in [-0.1, -0.05) is 19.3 Å². The van der Waals surface area contributed by atoms with Crippen molar-refractivity contribution in [3.05, 3.63) is 0 Å². The molecule has 3 nitrogen and oxygen atoms in total. The average molecular weight is 212 g/mol. The Labute approximate surface area is 92.8 Å². The van der Waals surface area contributed by atoms with Gasteiger partial charge in [0.25, 0.3) is 0 Å². The third kappa shape index (κ3) is 2.92. The van der Waals surface area contributed by atoms with E-state index in [1.54, 1.807) is 0 Å². The molecule has 2 N–H and O–H groups in total. The van der Waals surface area contributed by atoms with Gasteiger partial charge in [0.05, 0.1) is 6.10 Å². The van der Waals surface area contributed by atoms with E-state index < -0.39 is 0 Å². The van der Waals surface area contributed by atoms with E-state index in [4.69, 9.17) is 0 Å². The number of hydrogen-bond acceptors (Lipinski definition) is 3. The summed E-state index contributed by atoms with van der Waals surface area (Å²) < 4.78 is 0. The fourth-order valence-electron chi connectivity index (χ4n) is 3.01. The van der Waals surface area contributed by atoms with E-state index in [0.29, 0.717) is 6.04 Å². The third-order valence-electron chi connectivity index (χ3n) is 3.99. The standard InChI is InChI=1S/C12H24N2O/c1-14(11-7-13-8-12(11)15)9-10-5-3-2-4-6-10/h10-13,15H,2-9H2,1H3. The van der Waals surface area contributed by atoms with Crippen molar-refractivity contribution in [1.82, 2.24) is 10.2 Å². The number of aliphatic hydroxyl groups excluding tert-OH is 1. The van der Waals surface area contributed by atoms with Crippen molar-refractivity contribution in [1.29, 1.82) is 0 Å². The first-order chi connectivity index (χ1) is 7.27. The van der Waals surface area contributed by atoms with Crippen LogP contribution in [0.1, 0.15) is 32.1 Å².